The second kappa shape index (κ2) is 9.04. The standard InChI is InChI=1S/C24H27N3O4/c1-24(2,3)14-22(28)26-27-23(29)17-13-19(25-18-9-7-6-8-16(17)18)15-10-11-20(30-4)21(12-15)31-5/h6-13H,14H2,1-5H3,(H,26,28)(H,27,29). The van der Waals surface area contributed by atoms with Gasteiger partial charge < -0.3 is 9.47 Å². The normalized spacial score (nSPS) is 11.1. The topological polar surface area (TPSA) is 89.6 Å². The van der Waals surface area contributed by atoms with Crippen molar-refractivity contribution in [2.24, 2.45) is 5.41 Å². The molecule has 2 aromatic carbocycles. The highest BCUT2D eigenvalue weighted by Gasteiger charge is 2.18. The van der Waals surface area contributed by atoms with Crippen molar-refractivity contribution in [2.75, 3.05) is 14.2 Å². The molecule has 0 radical (unpaired) electrons. The van der Waals surface area contributed by atoms with Crippen molar-refractivity contribution in [3.05, 3.63) is 54.1 Å². The lowest BCUT2D eigenvalue weighted by Crippen LogP contribution is -2.42. The van der Waals surface area contributed by atoms with Crippen LogP contribution < -0.4 is 20.3 Å². The summed E-state index contributed by atoms with van der Waals surface area (Å²) < 4.78 is 10.7. The van der Waals surface area contributed by atoms with Crippen molar-refractivity contribution in [3.63, 3.8) is 0 Å². The van der Waals surface area contributed by atoms with Crippen molar-refractivity contribution in [3.8, 4) is 22.8 Å². The number of hydrogen-bond donors (Lipinski definition) is 2. The summed E-state index contributed by atoms with van der Waals surface area (Å²) in [6.07, 6.45) is 0.293. The molecule has 3 aromatic rings. The molecule has 0 saturated carbocycles. The van der Waals surface area contributed by atoms with E-state index in [-0.39, 0.29) is 11.3 Å². The lowest BCUT2D eigenvalue weighted by Gasteiger charge is -2.17. The smallest absolute Gasteiger partial charge is 0.270 e. The number of pyridine rings is 1. The fourth-order valence-electron chi connectivity index (χ4n) is 3.23. The third-order valence-corrected chi connectivity index (χ3v) is 4.65. The number of benzene rings is 2. The fraction of sp³-hybridized carbons (Fsp3) is 0.292. The molecule has 31 heavy (non-hydrogen) atoms. The monoisotopic (exact) mass is 421 g/mol. The van der Waals surface area contributed by atoms with Gasteiger partial charge in [0.05, 0.1) is 31.0 Å². The third kappa shape index (κ3) is 5.31. The minimum atomic E-state index is -0.414. The van der Waals surface area contributed by atoms with E-state index in [9.17, 15) is 9.59 Å². The molecule has 0 aliphatic carbocycles. The van der Waals surface area contributed by atoms with Crippen molar-refractivity contribution in [2.45, 2.75) is 27.2 Å². The predicted octanol–water partition coefficient (Wildman–Crippen LogP) is 4.12. The predicted molar refractivity (Wildman–Crippen MR) is 120 cm³/mol. The van der Waals surface area contributed by atoms with Crippen LogP contribution in [0.2, 0.25) is 0 Å². The number of hydrogen-bond acceptors (Lipinski definition) is 5. The summed E-state index contributed by atoms with van der Waals surface area (Å²) in [5, 5.41) is 0.689. The number of hydrazine groups is 1. The lowest BCUT2D eigenvalue weighted by atomic mass is 9.92. The molecule has 0 aliphatic rings. The molecule has 0 bridgehead atoms. The average Bonchev–Trinajstić information content (AvgIpc) is 2.75. The number of para-hydroxylation sites is 1. The largest absolute Gasteiger partial charge is 0.493 e. The van der Waals surface area contributed by atoms with E-state index in [0.717, 1.165) is 5.56 Å². The Morgan fingerprint density at radius 3 is 2.32 bits per heavy atom. The lowest BCUT2D eigenvalue weighted by molar-refractivity contribution is -0.123. The van der Waals surface area contributed by atoms with Crippen LogP contribution in [0.5, 0.6) is 11.5 Å². The molecular weight excluding hydrogens is 394 g/mol. The summed E-state index contributed by atoms with van der Waals surface area (Å²) in [5.41, 5.74) is 7.29. The van der Waals surface area contributed by atoms with Crippen LogP contribution in [0.4, 0.5) is 0 Å². The van der Waals surface area contributed by atoms with Gasteiger partial charge in [0, 0.05) is 17.4 Å². The number of amides is 2. The van der Waals surface area contributed by atoms with Crippen molar-refractivity contribution >= 4 is 22.7 Å². The van der Waals surface area contributed by atoms with E-state index in [0.29, 0.717) is 40.1 Å². The highest BCUT2D eigenvalue weighted by molar-refractivity contribution is 6.07. The van der Waals surface area contributed by atoms with Crippen LogP contribution >= 0.6 is 0 Å². The van der Waals surface area contributed by atoms with E-state index in [2.05, 4.69) is 10.9 Å². The van der Waals surface area contributed by atoms with E-state index in [1.54, 1.807) is 26.4 Å². The van der Waals surface area contributed by atoms with Crippen LogP contribution in [0, 0.1) is 5.41 Å². The van der Waals surface area contributed by atoms with Gasteiger partial charge in [-0.15, -0.1) is 0 Å². The summed E-state index contributed by atoms with van der Waals surface area (Å²) in [7, 11) is 3.14. The molecule has 2 amide bonds. The summed E-state index contributed by atoms with van der Waals surface area (Å²) in [6, 6.07) is 14.5. The first-order chi connectivity index (χ1) is 14.7. The molecular formula is C24H27N3O4. The molecule has 7 nitrogen and oxygen atoms in total. The van der Waals surface area contributed by atoms with Gasteiger partial charge in [0.2, 0.25) is 5.91 Å². The Kier molecular flexibility index (Phi) is 6.44. The number of ether oxygens (including phenoxy) is 2. The molecule has 0 fully saturated rings. The van der Waals surface area contributed by atoms with E-state index >= 15 is 0 Å². The molecule has 0 saturated heterocycles. The van der Waals surface area contributed by atoms with E-state index < -0.39 is 5.91 Å². The first-order valence-electron chi connectivity index (χ1n) is 9.93. The van der Waals surface area contributed by atoms with Crippen LogP contribution in [0.3, 0.4) is 0 Å². The van der Waals surface area contributed by atoms with Crippen molar-refractivity contribution in [1.29, 1.82) is 0 Å². The Labute approximate surface area is 181 Å². The van der Waals surface area contributed by atoms with Crippen LogP contribution in [0.1, 0.15) is 37.6 Å². The molecule has 1 aromatic heterocycles. The maximum Gasteiger partial charge on any atom is 0.270 e. The molecule has 0 spiro atoms. The highest BCUT2D eigenvalue weighted by Crippen LogP contribution is 2.33. The van der Waals surface area contributed by atoms with Gasteiger partial charge in [0.1, 0.15) is 0 Å². The molecule has 1 heterocycles. The van der Waals surface area contributed by atoms with E-state index in [4.69, 9.17) is 14.5 Å². The Hall–Kier alpha value is -3.61. The van der Waals surface area contributed by atoms with Crippen LogP contribution in [-0.2, 0) is 4.79 Å². The summed E-state index contributed by atoms with van der Waals surface area (Å²) >= 11 is 0. The van der Waals surface area contributed by atoms with E-state index in [1.165, 1.54) is 0 Å². The van der Waals surface area contributed by atoms with Gasteiger partial charge in [0.15, 0.2) is 11.5 Å². The van der Waals surface area contributed by atoms with Gasteiger partial charge in [-0.2, -0.15) is 0 Å². The van der Waals surface area contributed by atoms with Gasteiger partial charge in [-0.3, -0.25) is 20.4 Å². The number of carbonyl (C=O) groups is 2. The third-order valence-electron chi connectivity index (χ3n) is 4.65. The van der Waals surface area contributed by atoms with Gasteiger partial charge in [-0.1, -0.05) is 39.0 Å². The Morgan fingerprint density at radius 1 is 0.935 bits per heavy atom. The Bertz CT molecular complexity index is 1120. The molecule has 0 aliphatic heterocycles. The zero-order valence-electron chi connectivity index (χ0n) is 18.4. The number of carbonyl (C=O) groups excluding carboxylic acids is 2. The second-order valence-corrected chi connectivity index (χ2v) is 8.38. The number of nitrogens with zero attached hydrogens (tertiary/aromatic N) is 1. The minimum Gasteiger partial charge on any atom is -0.493 e. The molecule has 0 atom stereocenters. The van der Waals surface area contributed by atoms with Crippen molar-refractivity contribution < 1.29 is 19.1 Å². The second-order valence-electron chi connectivity index (χ2n) is 8.38. The van der Waals surface area contributed by atoms with Crippen molar-refractivity contribution in [1.82, 2.24) is 15.8 Å². The SMILES string of the molecule is COc1ccc(-c2cc(C(=O)NNC(=O)CC(C)(C)C)c3ccccc3n2)cc1OC. The molecule has 2 N–H and O–H groups in total. The quantitative estimate of drug-likeness (QED) is 0.605. The van der Waals surface area contributed by atoms with Gasteiger partial charge >= 0.3 is 0 Å². The zero-order valence-corrected chi connectivity index (χ0v) is 18.4. The molecule has 0 unspecified atom stereocenters. The first kappa shape index (κ1) is 22.1. The summed E-state index contributed by atoms with van der Waals surface area (Å²) in [6.45, 7) is 5.88. The molecule has 3 rings (SSSR count). The average molecular weight is 421 g/mol. The maximum absolute atomic E-state index is 12.9. The molecule has 162 valence electrons. The molecule has 7 heteroatoms. The zero-order chi connectivity index (χ0) is 22.6. The minimum absolute atomic E-state index is 0.182. The number of methoxy groups -OCH3 is 2. The number of fused-ring (bicyclic) bond motifs is 1. The highest BCUT2D eigenvalue weighted by atomic mass is 16.5. The van der Waals surface area contributed by atoms with Crippen LogP contribution in [-0.4, -0.2) is 31.0 Å². The number of nitrogens with one attached hydrogen (secondary N) is 2. The number of aromatic nitrogens is 1. The van der Waals surface area contributed by atoms with Crippen LogP contribution in [0.15, 0.2) is 48.5 Å². The Balaban J connectivity index is 1.96. The van der Waals surface area contributed by atoms with Crippen LogP contribution in [0.25, 0.3) is 22.2 Å². The summed E-state index contributed by atoms with van der Waals surface area (Å²) in [4.78, 5) is 29.8. The maximum atomic E-state index is 12.9. The summed E-state index contributed by atoms with van der Waals surface area (Å²) in [5.74, 6) is 0.504. The van der Waals surface area contributed by atoms with Gasteiger partial charge in [-0.25, -0.2) is 4.98 Å². The van der Waals surface area contributed by atoms with Gasteiger partial charge in [0.25, 0.3) is 5.91 Å². The first-order valence-corrected chi connectivity index (χ1v) is 9.93. The van der Waals surface area contributed by atoms with E-state index in [1.807, 2.05) is 57.2 Å². The fourth-order valence-corrected chi connectivity index (χ4v) is 3.23. The Morgan fingerprint density at radius 2 is 1.65 bits per heavy atom. The van der Waals surface area contributed by atoms with Gasteiger partial charge in [-0.05, 0) is 35.7 Å². The number of rotatable bonds is 5.